The van der Waals surface area contributed by atoms with Crippen LogP contribution in [-0.4, -0.2) is 42.7 Å². The lowest BCUT2D eigenvalue weighted by molar-refractivity contribution is -0.249. The average molecular weight is 426 g/mol. The molecule has 164 valence electrons. The van der Waals surface area contributed by atoms with Crippen LogP contribution in [0.5, 0.6) is 5.75 Å². The number of benzene rings is 2. The third-order valence-electron chi connectivity index (χ3n) is 5.10. The fourth-order valence-electron chi connectivity index (χ4n) is 2.99. The van der Waals surface area contributed by atoms with Crippen LogP contribution in [0.2, 0.25) is 0 Å². The van der Waals surface area contributed by atoms with Crippen molar-refractivity contribution in [1.29, 1.82) is 0 Å². The first-order valence-corrected chi connectivity index (χ1v) is 9.33. The van der Waals surface area contributed by atoms with E-state index in [1.54, 1.807) is 13.3 Å². The minimum Gasteiger partial charge on any atom is -0.496 e. The first-order valence-electron chi connectivity index (χ1n) is 9.33. The summed E-state index contributed by atoms with van der Waals surface area (Å²) in [5.41, 5.74) is -3.70. The molecular weight excluding hydrogens is 400 g/mol. The molecule has 0 aliphatic rings. The smallest absolute Gasteiger partial charge is 0.425 e. The maximum atomic E-state index is 14.2. The lowest BCUT2D eigenvalue weighted by Gasteiger charge is -2.34. The van der Waals surface area contributed by atoms with Crippen LogP contribution in [0.3, 0.4) is 0 Å². The zero-order chi connectivity index (χ0) is 22.9. The average Bonchev–Trinajstić information content (AvgIpc) is 2.66. The first kappa shape index (κ1) is 23.7. The molecule has 0 spiro atoms. The van der Waals surface area contributed by atoms with Gasteiger partial charge in [0.15, 0.2) is 0 Å². The summed E-state index contributed by atoms with van der Waals surface area (Å²) in [5, 5.41) is 11.0. The number of hydrogen-bond donors (Lipinski definition) is 1. The number of halogens is 4. The van der Waals surface area contributed by atoms with Crippen molar-refractivity contribution in [2.75, 3.05) is 14.2 Å². The molecule has 0 radical (unpaired) electrons. The van der Waals surface area contributed by atoms with E-state index in [4.69, 9.17) is 4.74 Å². The van der Waals surface area contributed by atoms with Crippen molar-refractivity contribution >= 4 is 12.0 Å². The summed E-state index contributed by atoms with van der Waals surface area (Å²) in [6, 6.07) is 5.63. The predicted octanol–water partition coefficient (Wildman–Crippen LogP) is 5.25. The van der Waals surface area contributed by atoms with Crippen molar-refractivity contribution in [1.82, 2.24) is 4.90 Å². The number of aliphatic hydroxyl groups is 1. The summed E-state index contributed by atoms with van der Waals surface area (Å²) in [7, 11) is 3.03. The number of rotatable bonds is 6. The van der Waals surface area contributed by atoms with E-state index in [9.17, 15) is 22.7 Å². The number of alkyl halides is 3. The highest BCUT2D eigenvalue weighted by molar-refractivity contribution is 5.66. The lowest BCUT2D eigenvalue weighted by Crippen LogP contribution is -2.44. The van der Waals surface area contributed by atoms with Gasteiger partial charge in [0, 0.05) is 30.3 Å². The zero-order valence-corrected chi connectivity index (χ0v) is 17.8. The van der Waals surface area contributed by atoms with Crippen LogP contribution in [0.1, 0.15) is 36.1 Å². The second kappa shape index (κ2) is 8.63. The molecule has 4 nitrogen and oxygen atoms in total. The minimum absolute atomic E-state index is 0.0941. The van der Waals surface area contributed by atoms with Gasteiger partial charge in [0.2, 0.25) is 5.60 Å². The molecule has 1 unspecified atom stereocenters. The molecule has 0 aliphatic carbocycles. The van der Waals surface area contributed by atoms with E-state index in [0.717, 1.165) is 6.07 Å². The monoisotopic (exact) mass is 426 g/mol. The predicted molar refractivity (Wildman–Crippen MR) is 109 cm³/mol. The van der Waals surface area contributed by atoms with Gasteiger partial charge in [-0.1, -0.05) is 6.07 Å². The fourth-order valence-corrected chi connectivity index (χ4v) is 2.99. The Morgan fingerprint density at radius 2 is 1.70 bits per heavy atom. The molecule has 0 aromatic heterocycles. The molecule has 0 bridgehead atoms. The van der Waals surface area contributed by atoms with Gasteiger partial charge in [-0.15, -0.1) is 0 Å². The van der Waals surface area contributed by atoms with Crippen molar-refractivity contribution < 1.29 is 27.4 Å². The van der Waals surface area contributed by atoms with Crippen LogP contribution >= 0.6 is 0 Å². The van der Waals surface area contributed by atoms with Gasteiger partial charge in [0.05, 0.1) is 19.1 Å². The summed E-state index contributed by atoms with van der Waals surface area (Å²) in [5.74, 6) is -1.09. The Labute approximate surface area is 173 Å². The van der Waals surface area contributed by atoms with Crippen LogP contribution in [0, 0.1) is 19.7 Å². The third kappa shape index (κ3) is 4.43. The number of aryl methyl sites for hydroxylation is 2. The number of hydrogen-bond acceptors (Lipinski definition) is 3. The molecule has 30 heavy (non-hydrogen) atoms. The van der Waals surface area contributed by atoms with Gasteiger partial charge < -0.3 is 14.7 Å². The van der Waals surface area contributed by atoms with Crippen LogP contribution < -0.4 is 4.74 Å². The van der Waals surface area contributed by atoms with Gasteiger partial charge in [-0.3, -0.25) is 0 Å². The van der Waals surface area contributed by atoms with Gasteiger partial charge in [-0.05, 0) is 57.0 Å². The highest BCUT2D eigenvalue weighted by atomic mass is 19.4. The van der Waals surface area contributed by atoms with E-state index >= 15 is 0 Å². The van der Waals surface area contributed by atoms with Crippen molar-refractivity contribution in [2.45, 2.75) is 45.5 Å². The minimum atomic E-state index is -5.13. The molecule has 2 rings (SSSR count). The molecular formula is C22H26F4N2O2. The number of ether oxygens (including phenoxy) is 1. The molecule has 1 N–H and O–H groups in total. The normalized spacial score (nSPS) is 14.3. The van der Waals surface area contributed by atoms with E-state index in [1.165, 1.54) is 32.2 Å². The third-order valence-corrected chi connectivity index (χ3v) is 5.10. The van der Waals surface area contributed by atoms with E-state index in [2.05, 4.69) is 4.99 Å². The van der Waals surface area contributed by atoms with E-state index in [1.807, 2.05) is 25.8 Å². The topological polar surface area (TPSA) is 45.1 Å². The standard InChI is InChI=1S/C22H26F4N2O2/c1-13(2)28(5)12-27-19-11-20(30-6)18(9-15(19)4)21(29,22(24,25)26)17-10-16(23)8-7-14(17)3/h7-13,29H,1-6H3. The SMILES string of the molecule is COc1cc(N=CN(C)C(C)C)c(C)cc1C(O)(c1cc(F)ccc1C)C(F)(F)F. The van der Waals surface area contributed by atoms with E-state index in [-0.39, 0.29) is 17.4 Å². The number of aliphatic imine (C=N–C) groups is 1. The Bertz CT molecular complexity index is 941. The Kier molecular flexibility index (Phi) is 6.81. The Hall–Kier alpha value is -2.61. The van der Waals surface area contributed by atoms with Crippen LogP contribution in [0.25, 0.3) is 0 Å². The first-order chi connectivity index (χ1) is 13.8. The Morgan fingerprint density at radius 1 is 1.07 bits per heavy atom. The second-order valence-corrected chi connectivity index (χ2v) is 7.51. The Morgan fingerprint density at radius 3 is 2.23 bits per heavy atom. The molecule has 0 saturated carbocycles. The van der Waals surface area contributed by atoms with Crippen molar-refractivity contribution in [2.24, 2.45) is 4.99 Å². The van der Waals surface area contributed by atoms with Crippen LogP contribution in [-0.2, 0) is 5.60 Å². The van der Waals surface area contributed by atoms with Gasteiger partial charge in [0.25, 0.3) is 0 Å². The second-order valence-electron chi connectivity index (χ2n) is 7.51. The van der Waals surface area contributed by atoms with Gasteiger partial charge in [0.1, 0.15) is 11.6 Å². The molecule has 8 heteroatoms. The summed E-state index contributed by atoms with van der Waals surface area (Å²) < 4.78 is 61.6. The van der Waals surface area contributed by atoms with Crippen LogP contribution in [0.15, 0.2) is 35.3 Å². The molecule has 0 amide bonds. The summed E-state index contributed by atoms with van der Waals surface area (Å²) in [4.78, 5) is 6.16. The maximum Gasteiger partial charge on any atom is 0.425 e. The number of methoxy groups -OCH3 is 1. The molecule has 2 aromatic rings. The molecule has 1 atom stereocenters. The highest BCUT2D eigenvalue weighted by Crippen LogP contribution is 2.49. The quantitative estimate of drug-likeness (QED) is 0.390. The fraction of sp³-hybridized carbons (Fsp3) is 0.409. The molecule has 2 aromatic carbocycles. The van der Waals surface area contributed by atoms with Gasteiger partial charge in [-0.25, -0.2) is 9.38 Å². The molecule has 0 saturated heterocycles. The Balaban J connectivity index is 2.74. The highest BCUT2D eigenvalue weighted by Gasteiger charge is 2.58. The lowest BCUT2D eigenvalue weighted by atomic mass is 9.82. The summed E-state index contributed by atoms with van der Waals surface area (Å²) in [6.45, 7) is 6.89. The van der Waals surface area contributed by atoms with Crippen LogP contribution in [0.4, 0.5) is 23.2 Å². The number of nitrogens with zero attached hydrogens (tertiary/aromatic N) is 2. The zero-order valence-electron chi connectivity index (χ0n) is 17.8. The van der Waals surface area contributed by atoms with Crippen molar-refractivity contribution in [3.63, 3.8) is 0 Å². The van der Waals surface area contributed by atoms with E-state index < -0.39 is 28.7 Å². The maximum absolute atomic E-state index is 14.2. The van der Waals surface area contributed by atoms with E-state index in [0.29, 0.717) is 17.3 Å². The molecule has 0 fully saturated rings. The summed E-state index contributed by atoms with van der Waals surface area (Å²) in [6.07, 6.45) is -3.56. The molecule has 0 aliphatic heterocycles. The van der Waals surface area contributed by atoms with Crippen molar-refractivity contribution in [3.05, 3.63) is 58.4 Å². The van der Waals surface area contributed by atoms with Gasteiger partial charge >= 0.3 is 6.18 Å². The van der Waals surface area contributed by atoms with Crippen molar-refractivity contribution in [3.8, 4) is 5.75 Å². The largest absolute Gasteiger partial charge is 0.496 e. The summed E-state index contributed by atoms with van der Waals surface area (Å²) >= 11 is 0. The van der Waals surface area contributed by atoms with Gasteiger partial charge in [-0.2, -0.15) is 13.2 Å². The molecule has 0 heterocycles.